The molecule has 0 saturated carbocycles. The van der Waals surface area contributed by atoms with Crippen LogP contribution in [0.4, 0.5) is 0 Å². The summed E-state index contributed by atoms with van der Waals surface area (Å²) in [5, 5.41) is 11.1. The molecule has 1 aromatic heterocycles. The van der Waals surface area contributed by atoms with Crippen LogP contribution in [0.2, 0.25) is 8.67 Å². The lowest BCUT2D eigenvalue weighted by atomic mass is 10.2. The molecule has 1 amide bonds. The van der Waals surface area contributed by atoms with Gasteiger partial charge in [-0.15, -0.1) is 11.3 Å². The highest BCUT2D eigenvalue weighted by Gasteiger charge is 2.21. The van der Waals surface area contributed by atoms with Gasteiger partial charge < -0.3 is 10.4 Å². The molecule has 88 valence electrons. The Morgan fingerprint density at radius 2 is 2.19 bits per heavy atom. The molecule has 0 aliphatic rings. The Kier molecular flexibility index (Phi) is 4.58. The van der Waals surface area contributed by atoms with Crippen molar-refractivity contribution in [1.29, 1.82) is 0 Å². The molecule has 0 radical (unpaired) electrons. The Labute approximate surface area is 106 Å². The van der Waals surface area contributed by atoms with E-state index >= 15 is 0 Å². The van der Waals surface area contributed by atoms with E-state index in [1.54, 1.807) is 6.92 Å². The van der Waals surface area contributed by atoms with E-state index < -0.39 is 17.9 Å². The van der Waals surface area contributed by atoms with Gasteiger partial charge in [-0.3, -0.25) is 4.79 Å². The fourth-order valence-corrected chi connectivity index (χ4v) is 2.53. The monoisotopic (exact) mass is 281 g/mol. The molecule has 0 aromatic carbocycles. The van der Waals surface area contributed by atoms with E-state index in [9.17, 15) is 9.59 Å². The number of thiophene rings is 1. The maximum absolute atomic E-state index is 11.6. The number of hydrogen-bond acceptors (Lipinski definition) is 3. The van der Waals surface area contributed by atoms with E-state index in [-0.39, 0.29) is 9.90 Å². The minimum absolute atomic E-state index is 0.205. The molecule has 0 fully saturated rings. The summed E-state index contributed by atoms with van der Waals surface area (Å²) in [5.74, 6) is -1.60. The lowest BCUT2D eigenvalue weighted by Gasteiger charge is -2.11. The second-order valence-corrected chi connectivity index (χ2v) is 5.30. The summed E-state index contributed by atoms with van der Waals surface area (Å²) < 4.78 is 0.640. The van der Waals surface area contributed by atoms with E-state index in [0.29, 0.717) is 10.8 Å². The Bertz CT molecular complexity index is 419. The quantitative estimate of drug-likeness (QED) is 0.892. The third kappa shape index (κ3) is 3.10. The lowest BCUT2D eigenvalue weighted by molar-refractivity contribution is -0.139. The molecular weight excluding hydrogens is 273 g/mol. The summed E-state index contributed by atoms with van der Waals surface area (Å²) in [5.41, 5.74) is 0.205. The predicted octanol–water partition coefficient (Wildman–Crippen LogP) is 2.65. The number of carbonyl (C=O) groups is 2. The number of carboxylic acids is 1. The van der Waals surface area contributed by atoms with Crippen molar-refractivity contribution >= 4 is 46.4 Å². The van der Waals surface area contributed by atoms with Gasteiger partial charge in [-0.1, -0.05) is 30.1 Å². The van der Waals surface area contributed by atoms with Crippen LogP contribution < -0.4 is 5.32 Å². The first kappa shape index (κ1) is 13.3. The Morgan fingerprint density at radius 1 is 1.56 bits per heavy atom. The minimum Gasteiger partial charge on any atom is -0.480 e. The van der Waals surface area contributed by atoms with Crippen LogP contribution in [0.3, 0.4) is 0 Å². The van der Waals surface area contributed by atoms with Gasteiger partial charge in [-0.25, -0.2) is 4.79 Å². The Balaban J connectivity index is 2.79. The molecule has 0 aliphatic heterocycles. The first-order chi connectivity index (χ1) is 7.45. The normalized spacial score (nSPS) is 12.2. The molecule has 1 rings (SSSR count). The molecule has 4 nitrogen and oxygen atoms in total. The van der Waals surface area contributed by atoms with Crippen molar-refractivity contribution in [1.82, 2.24) is 5.32 Å². The minimum atomic E-state index is -1.08. The molecule has 7 heteroatoms. The van der Waals surface area contributed by atoms with Gasteiger partial charge in [0.25, 0.3) is 5.91 Å². The number of hydrogen-bond donors (Lipinski definition) is 2. The zero-order chi connectivity index (χ0) is 12.3. The van der Waals surface area contributed by atoms with Crippen molar-refractivity contribution in [3.05, 3.63) is 20.3 Å². The van der Waals surface area contributed by atoms with Crippen LogP contribution >= 0.6 is 34.5 Å². The molecule has 0 spiro atoms. The van der Waals surface area contributed by atoms with Gasteiger partial charge in [0.1, 0.15) is 10.4 Å². The van der Waals surface area contributed by atoms with Crippen LogP contribution in [0.1, 0.15) is 23.7 Å². The number of rotatable bonds is 4. The summed E-state index contributed by atoms with van der Waals surface area (Å²) in [6.45, 7) is 1.67. The van der Waals surface area contributed by atoms with E-state index in [2.05, 4.69) is 5.32 Å². The van der Waals surface area contributed by atoms with Gasteiger partial charge in [-0.2, -0.15) is 0 Å². The number of amides is 1. The smallest absolute Gasteiger partial charge is 0.326 e. The van der Waals surface area contributed by atoms with E-state index in [0.717, 1.165) is 11.3 Å². The standard InChI is InChI=1S/C9H9Cl2NO3S/c1-2-5(9(14)15)12-8(13)4-3-6(10)16-7(4)11/h3,5H,2H2,1H3,(H,12,13)(H,14,15)/t5-/m1/s1. The molecule has 0 saturated heterocycles. The van der Waals surface area contributed by atoms with Gasteiger partial charge in [0.05, 0.1) is 9.90 Å². The van der Waals surface area contributed by atoms with Gasteiger partial charge in [0.15, 0.2) is 0 Å². The fourth-order valence-electron chi connectivity index (χ4n) is 1.07. The number of carboxylic acid groups (broad SMARTS) is 1. The highest BCUT2D eigenvalue weighted by atomic mass is 35.5. The maximum Gasteiger partial charge on any atom is 0.326 e. The fraction of sp³-hybridized carbons (Fsp3) is 0.333. The summed E-state index contributed by atoms with van der Waals surface area (Å²) in [4.78, 5) is 22.4. The first-order valence-electron chi connectivity index (χ1n) is 4.44. The van der Waals surface area contributed by atoms with E-state index in [1.165, 1.54) is 6.07 Å². The van der Waals surface area contributed by atoms with Gasteiger partial charge in [0, 0.05) is 0 Å². The van der Waals surface area contributed by atoms with Gasteiger partial charge in [0.2, 0.25) is 0 Å². The third-order valence-electron chi connectivity index (χ3n) is 1.91. The van der Waals surface area contributed by atoms with Crippen molar-refractivity contribution < 1.29 is 14.7 Å². The molecule has 1 heterocycles. The second kappa shape index (κ2) is 5.52. The second-order valence-electron chi connectivity index (χ2n) is 3.01. The van der Waals surface area contributed by atoms with Crippen LogP contribution in [0.15, 0.2) is 6.07 Å². The van der Waals surface area contributed by atoms with Crippen molar-refractivity contribution in [2.75, 3.05) is 0 Å². The van der Waals surface area contributed by atoms with Crippen molar-refractivity contribution in [2.45, 2.75) is 19.4 Å². The van der Waals surface area contributed by atoms with Crippen molar-refractivity contribution in [3.8, 4) is 0 Å². The molecule has 1 atom stereocenters. The average Bonchev–Trinajstić information content (AvgIpc) is 2.53. The lowest BCUT2D eigenvalue weighted by Crippen LogP contribution is -2.40. The summed E-state index contributed by atoms with van der Waals surface area (Å²) in [7, 11) is 0. The highest BCUT2D eigenvalue weighted by molar-refractivity contribution is 7.20. The largest absolute Gasteiger partial charge is 0.480 e. The van der Waals surface area contributed by atoms with Gasteiger partial charge >= 0.3 is 5.97 Å². The van der Waals surface area contributed by atoms with Crippen molar-refractivity contribution in [3.63, 3.8) is 0 Å². The summed E-state index contributed by atoms with van der Waals surface area (Å²) in [6, 6.07) is 0.501. The molecule has 16 heavy (non-hydrogen) atoms. The topological polar surface area (TPSA) is 66.4 Å². The number of aliphatic carboxylic acids is 1. The number of carbonyl (C=O) groups excluding carboxylic acids is 1. The number of nitrogens with one attached hydrogen (secondary N) is 1. The highest BCUT2D eigenvalue weighted by Crippen LogP contribution is 2.31. The zero-order valence-corrected chi connectivity index (χ0v) is 10.6. The summed E-state index contributed by atoms with van der Waals surface area (Å²) >= 11 is 12.5. The van der Waals surface area contributed by atoms with E-state index in [4.69, 9.17) is 28.3 Å². The number of halogens is 2. The first-order valence-corrected chi connectivity index (χ1v) is 6.01. The molecule has 0 bridgehead atoms. The Morgan fingerprint density at radius 3 is 2.56 bits per heavy atom. The Hall–Kier alpha value is -0.780. The predicted molar refractivity (Wildman–Crippen MR) is 63.5 cm³/mol. The molecule has 2 N–H and O–H groups in total. The van der Waals surface area contributed by atoms with Crippen molar-refractivity contribution in [2.24, 2.45) is 0 Å². The average molecular weight is 282 g/mol. The van der Waals surface area contributed by atoms with Crippen LogP contribution in [0.5, 0.6) is 0 Å². The van der Waals surface area contributed by atoms with Crippen LogP contribution in [-0.2, 0) is 4.79 Å². The van der Waals surface area contributed by atoms with Crippen LogP contribution in [0.25, 0.3) is 0 Å². The zero-order valence-electron chi connectivity index (χ0n) is 8.29. The van der Waals surface area contributed by atoms with E-state index in [1.807, 2.05) is 0 Å². The SMILES string of the molecule is CC[C@@H](NC(=O)c1cc(Cl)sc1Cl)C(=O)O. The van der Waals surface area contributed by atoms with Gasteiger partial charge in [-0.05, 0) is 12.5 Å². The molecule has 0 aliphatic carbocycles. The summed E-state index contributed by atoms with van der Waals surface area (Å²) in [6.07, 6.45) is 0.302. The molecular formula is C9H9Cl2NO3S. The maximum atomic E-state index is 11.6. The van der Waals surface area contributed by atoms with Crippen LogP contribution in [-0.4, -0.2) is 23.0 Å². The molecule has 0 unspecified atom stereocenters. The van der Waals surface area contributed by atoms with Crippen LogP contribution in [0, 0.1) is 0 Å². The molecule has 1 aromatic rings. The third-order valence-corrected chi connectivity index (χ3v) is 3.40.